The minimum Gasteiger partial charge on any atom is -0.282 e. The monoisotopic (exact) mass is 348 g/mol. The Balaban J connectivity index is 1.96. The molecule has 7 nitrogen and oxygen atoms in total. The molecule has 0 bridgehead atoms. The van der Waals surface area contributed by atoms with E-state index >= 15 is 0 Å². The third kappa shape index (κ3) is 2.84. The summed E-state index contributed by atoms with van der Waals surface area (Å²) in [7, 11) is -3.66. The van der Waals surface area contributed by atoms with Gasteiger partial charge in [0.25, 0.3) is 5.56 Å². The number of nitrogens with zero attached hydrogens (tertiary/aromatic N) is 2. The fourth-order valence-corrected chi connectivity index (χ4v) is 4.59. The number of pyridine rings is 1. The number of aromatic nitrogens is 3. The van der Waals surface area contributed by atoms with Gasteiger partial charge in [-0.15, -0.1) is 0 Å². The van der Waals surface area contributed by atoms with Crippen molar-refractivity contribution in [1.82, 2.24) is 9.55 Å². The first-order valence-electron chi connectivity index (χ1n) is 7.65. The lowest BCUT2D eigenvalue weighted by Gasteiger charge is -2.14. The van der Waals surface area contributed by atoms with E-state index in [-0.39, 0.29) is 17.9 Å². The van der Waals surface area contributed by atoms with Gasteiger partial charge < -0.3 is 0 Å². The number of sulfone groups is 1. The first kappa shape index (κ1) is 16.4. The Bertz CT molecular complexity index is 1000. The molecule has 126 valence electrons. The molecule has 0 aromatic carbocycles. The van der Waals surface area contributed by atoms with E-state index in [1.54, 1.807) is 30.0 Å². The van der Waals surface area contributed by atoms with Crippen LogP contribution in [0.15, 0.2) is 57.4 Å². The van der Waals surface area contributed by atoms with Gasteiger partial charge in [-0.1, -0.05) is 19.1 Å². The molecule has 0 fully saturated rings. The van der Waals surface area contributed by atoms with E-state index in [4.69, 9.17) is 0 Å². The van der Waals surface area contributed by atoms with Gasteiger partial charge >= 0.3 is 5.69 Å². The zero-order valence-corrected chi connectivity index (χ0v) is 14.0. The van der Waals surface area contributed by atoms with Crippen LogP contribution in [0.4, 0.5) is 0 Å². The maximum absolute atomic E-state index is 12.8. The third-order valence-electron chi connectivity index (χ3n) is 4.12. The fraction of sp³-hybridized carbons (Fsp3) is 0.312. The molecule has 0 aliphatic carbocycles. The Labute approximate surface area is 138 Å². The predicted molar refractivity (Wildman–Crippen MR) is 88.0 cm³/mol. The summed E-state index contributed by atoms with van der Waals surface area (Å²) in [5, 5.41) is -1.01. The summed E-state index contributed by atoms with van der Waals surface area (Å²) < 4.78 is 28.5. The van der Waals surface area contributed by atoms with Gasteiger partial charge in [0.15, 0.2) is 18.9 Å². The minimum absolute atomic E-state index is 0.208. The predicted octanol–water partition coefficient (Wildman–Crippen LogP) is 0.288. The van der Waals surface area contributed by atoms with Gasteiger partial charge in [0.2, 0.25) is 9.84 Å². The summed E-state index contributed by atoms with van der Waals surface area (Å²) in [6.07, 6.45) is 7.19. The third-order valence-corrected chi connectivity index (χ3v) is 6.28. The SMILES string of the molecule is CCc1cn([C@@H]2CC=C(C[n+]3ccccc3)S2(=O)=O)c(=O)[nH]c1=O. The number of aryl methyl sites for hydroxylation is 1. The Morgan fingerprint density at radius 3 is 2.62 bits per heavy atom. The fourth-order valence-electron chi connectivity index (χ4n) is 2.78. The van der Waals surface area contributed by atoms with Crippen molar-refractivity contribution in [3.63, 3.8) is 0 Å². The Morgan fingerprint density at radius 1 is 1.25 bits per heavy atom. The molecular weight excluding hydrogens is 330 g/mol. The lowest BCUT2D eigenvalue weighted by atomic mass is 10.2. The van der Waals surface area contributed by atoms with Crippen LogP contribution in [0.1, 0.15) is 24.3 Å². The normalized spacial score (nSPS) is 19.2. The maximum Gasteiger partial charge on any atom is 0.329 e. The molecular formula is C16H18N3O4S+. The highest BCUT2D eigenvalue weighted by atomic mass is 32.2. The Kier molecular flexibility index (Phi) is 4.23. The first-order chi connectivity index (χ1) is 11.4. The number of rotatable bonds is 4. The van der Waals surface area contributed by atoms with Gasteiger partial charge in [0.1, 0.15) is 10.3 Å². The topological polar surface area (TPSA) is 92.9 Å². The van der Waals surface area contributed by atoms with Crippen LogP contribution in [0.3, 0.4) is 0 Å². The molecule has 0 spiro atoms. The molecule has 0 radical (unpaired) electrons. The number of aromatic amines is 1. The van der Waals surface area contributed by atoms with Gasteiger partial charge in [-0.25, -0.2) is 17.8 Å². The molecule has 24 heavy (non-hydrogen) atoms. The van der Waals surface area contributed by atoms with Crippen LogP contribution in [0.2, 0.25) is 0 Å². The second-order valence-corrected chi connectivity index (χ2v) is 7.79. The molecule has 1 N–H and O–H groups in total. The molecule has 2 aromatic heterocycles. The highest BCUT2D eigenvalue weighted by Gasteiger charge is 2.38. The van der Waals surface area contributed by atoms with E-state index in [0.717, 1.165) is 4.57 Å². The molecule has 1 atom stereocenters. The van der Waals surface area contributed by atoms with E-state index in [1.165, 1.54) is 6.20 Å². The van der Waals surface area contributed by atoms with E-state index in [1.807, 2.05) is 18.2 Å². The highest BCUT2D eigenvalue weighted by molar-refractivity contribution is 7.95. The molecule has 0 saturated heterocycles. The largest absolute Gasteiger partial charge is 0.329 e. The zero-order valence-electron chi connectivity index (χ0n) is 13.2. The number of allylic oxidation sites excluding steroid dienone is 2. The van der Waals surface area contributed by atoms with E-state index < -0.39 is 26.5 Å². The minimum atomic E-state index is -3.66. The van der Waals surface area contributed by atoms with Crippen molar-refractivity contribution in [3.05, 3.63) is 74.2 Å². The van der Waals surface area contributed by atoms with Crippen molar-refractivity contribution in [2.24, 2.45) is 0 Å². The van der Waals surface area contributed by atoms with Crippen molar-refractivity contribution in [2.45, 2.75) is 31.7 Å². The molecule has 2 aromatic rings. The Hall–Kier alpha value is -2.48. The maximum atomic E-state index is 12.8. The van der Waals surface area contributed by atoms with Crippen LogP contribution in [-0.4, -0.2) is 18.0 Å². The van der Waals surface area contributed by atoms with Crippen LogP contribution in [-0.2, 0) is 22.8 Å². The standard InChI is InChI=1S/C16H17N3O4S/c1-2-12-10-19(16(21)17-15(12)20)14-7-6-13(24(14,22)23)11-18-8-4-3-5-9-18/h3-6,8-10,14H,2,7,11H2,1H3/p+1/t14-/m0/s1. The average Bonchev–Trinajstić information content (AvgIpc) is 2.84. The van der Waals surface area contributed by atoms with Gasteiger partial charge in [0.05, 0.1) is 0 Å². The molecule has 0 saturated carbocycles. The van der Waals surface area contributed by atoms with Crippen molar-refractivity contribution < 1.29 is 13.0 Å². The number of hydrogen-bond donors (Lipinski definition) is 1. The van der Waals surface area contributed by atoms with Crippen molar-refractivity contribution in [1.29, 1.82) is 0 Å². The van der Waals surface area contributed by atoms with Crippen molar-refractivity contribution in [3.8, 4) is 0 Å². The number of nitrogens with one attached hydrogen (secondary N) is 1. The van der Waals surface area contributed by atoms with Crippen molar-refractivity contribution in [2.75, 3.05) is 0 Å². The molecule has 8 heteroatoms. The van der Waals surface area contributed by atoms with Crippen molar-refractivity contribution >= 4 is 9.84 Å². The first-order valence-corrected chi connectivity index (χ1v) is 9.19. The molecule has 1 aliphatic rings. The Morgan fingerprint density at radius 2 is 1.96 bits per heavy atom. The van der Waals surface area contributed by atoms with Crippen LogP contribution in [0, 0.1) is 0 Å². The van der Waals surface area contributed by atoms with Gasteiger partial charge in [-0.05, 0) is 6.42 Å². The lowest BCUT2D eigenvalue weighted by molar-refractivity contribution is -0.687. The summed E-state index contributed by atoms with van der Waals surface area (Å²) in [6, 6.07) is 5.49. The quantitative estimate of drug-likeness (QED) is 0.804. The number of hydrogen-bond acceptors (Lipinski definition) is 4. The molecule has 0 amide bonds. The average molecular weight is 348 g/mol. The summed E-state index contributed by atoms with van der Waals surface area (Å²) in [4.78, 5) is 26.2. The van der Waals surface area contributed by atoms with Crippen LogP contribution in [0.25, 0.3) is 0 Å². The summed E-state index contributed by atoms with van der Waals surface area (Å²) in [5.74, 6) is 0. The van der Waals surface area contributed by atoms with Gasteiger partial charge in [-0.2, -0.15) is 0 Å². The van der Waals surface area contributed by atoms with Gasteiger partial charge in [-0.3, -0.25) is 14.3 Å². The molecule has 1 aliphatic heterocycles. The van der Waals surface area contributed by atoms with E-state index in [2.05, 4.69) is 4.98 Å². The summed E-state index contributed by atoms with van der Waals surface area (Å²) in [5.41, 5.74) is -0.786. The zero-order chi connectivity index (χ0) is 17.3. The van der Waals surface area contributed by atoms with Gasteiger partial charge in [0, 0.05) is 30.3 Å². The second-order valence-electron chi connectivity index (χ2n) is 5.63. The highest BCUT2D eigenvalue weighted by Crippen LogP contribution is 2.32. The second kappa shape index (κ2) is 6.20. The number of H-pyrrole nitrogens is 1. The molecule has 0 unspecified atom stereocenters. The van der Waals surface area contributed by atoms with Crippen LogP contribution >= 0.6 is 0 Å². The van der Waals surface area contributed by atoms with E-state index in [0.29, 0.717) is 12.0 Å². The van der Waals surface area contributed by atoms with Crippen LogP contribution in [0.5, 0.6) is 0 Å². The smallest absolute Gasteiger partial charge is 0.282 e. The van der Waals surface area contributed by atoms with Crippen LogP contribution < -0.4 is 15.8 Å². The molecule has 3 heterocycles. The summed E-state index contributed by atoms with van der Waals surface area (Å²) in [6.45, 7) is 2.00. The molecule has 3 rings (SSSR count). The van der Waals surface area contributed by atoms with E-state index in [9.17, 15) is 18.0 Å². The summed E-state index contributed by atoms with van der Waals surface area (Å²) >= 11 is 0. The lowest BCUT2D eigenvalue weighted by Crippen LogP contribution is -2.38.